The van der Waals surface area contributed by atoms with Gasteiger partial charge >= 0.3 is 17.9 Å². The summed E-state index contributed by atoms with van der Waals surface area (Å²) in [6.07, 6.45) is 84.4. The van der Waals surface area contributed by atoms with Crippen LogP contribution in [-0.4, -0.2) is 37.2 Å². The van der Waals surface area contributed by atoms with Crippen molar-refractivity contribution in [1.82, 2.24) is 0 Å². The molecule has 0 N–H and O–H groups in total. The lowest BCUT2D eigenvalue weighted by molar-refractivity contribution is -0.167. The van der Waals surface area contributed by atoms with E-state index >= 15 is 0 Å². The van der Waals surface area contributed by atoms with Gasteiger partial charge in [-0.3, -0.25) is 14.4 Å². The fraction of sp³-hybridized carbons (Fsp3) is 0.847. The maximum Gasteiger partial charge on any atom is 0.306 e. The third-order valence-corrected chi connectivity index (χ3v) is 15.5. The Labute approximate surface area is 486 Å². The van der Waals surface area contributed by atoms with E-state index in [2.05, 4.69) is 69.4 Å². The molecule has 0 aliphatic rings. The Morgan fingerprint density at radius 2 is 0.462 bits per heavy atom. The molecule has 0 rings (SSSR count). The molecule has 0 aromatic heterocycles. The minimum absolute atomic E-state index is 0.0749. The van der Waals surface area contributed by atoms with Crippen LogP contribution >= 0.6 is 0 Å². The van der Waals surface area contributed by atoms with Crippen molar-refractivity contribution in [2.45, 2.75) is 380 Å². The first-order valence-electron chi connectivity index (χ1n) is 34.6. The first-order valence-corrected chi connectivity index (χ1v) is 34.6. The maximum absolute atomic E-state index is 12.9. The number of rotatable bonds is 64. The van der Waals surface area contributed by atoms with Crippen molar-refractivity contribution in [2.24, 2.45) is 0 Å². The summed E-state index contributed by atoms with van der Waals surface area (Å²) in [5, 5.41) is 0. The molecule has 0 aliphatic heterocycles. The normalized spacial score (nSPS) is 12.3. The highest BCUT2D eigenvalue weighted by atomic mass is 16.6. The second-order valence-corrected chi connectivity index (χ2v) is 23.4. The smallest absolute Gasteiger partial charge is 0.306 e. The van der Waals surface area contributed by atoms with Crippen LogP contribution in [0.5, 0.6) is 0 Å². The van der Waals surface area contributed by atoms with Crippen LogP contribution in [0.25, 0.3) is 0 Å². The van der Waals surface area contributed by atoms with Gasteiger partial charge in [-0.2, -0.15) is 0 Å². The number of allylic oxidation sites excluding steroid dienone is 8. The molecule has 0 aliphatic carbocycles. The number of hydrogen-bond acceptors (Lipinski definition) is 6. The lowest BCUT2D eigenvalue weighted by Crippen LogP contribution is -2.30. The molecule has 0 heterocycles. The van der Waals surface area contributed by atoms with Crippen LogP contribution in [0.15, 0.2) is 48.6 Å². The summed E-state index contributed by atoms with van der Waals surface area (Å²) in [5.74, 6) is -0.872. The molecule has 78 heavy (non-hydrogen) atoms. The Morgan fingerprint density at radius 1 is 0.256 bits per heavy atom. The molecule has 0 radical (unpaired) electrons. The van der Waals surface area contributed by atoms with Crippen molar-refractivity contribution in [2.75, 3.05) is 13.2 Å². The Bertz CT molecular complexity index is 1350. The third kappa shape index (κ3) is 64.2. The number of hydrogen-bond donors (Lipinski definition) is 0. The van der Waals surface area contributed by atoms with Gasteiger partial charge < -0.3 is 14.2 Å². The van der Waals surface area contributed by atoms with E-state index in [1.807, 2.05) is 0 Å². The summed E-state index contributed by atoms with van der Waals surface area (Å²) in [6.45, 7) is 6.64. The number of esters is 3. The van der Waals surface area contributed by atoms with E-state index < -0.39 is 6.10 Å². The summed E-state index contributed by atoms with van der Waals surface area (Å²) < 4.78 is 16.9. The molecule has 456 valence electrons. The molecule has 0 bridgehead atoms. The zero-order chi connectivity index (χ0) is 56.4. The second kappa shape index (κ2) is 66.9. The second-order valence-electron chi connectivity index (χ2n) is 23.4. The quantitative estimate of drug-likeness (QED) is 0.0261. The van der Waals surface area contributed by atoms with E-state index in [4.69, 9.17) is 14.2 Å². The number of carbonyl (C=O) groups excluding carboxylic acids is 3. The van der Waals surface area contributed by atoms with Gasteiger partial charge in [-0.25, -0.2) is 0 Å². The first kappa shape index (κ1) is 75.4. The van der Waals surface area contributed by atoms with E-state index in [-0.39, 0.29) is 31.1 Å². The molecule has 0 saturated heterocycles. The standard InChI is InChI=1S/C72H132O6/c1-4-7-10-13-16-19-22-25-27-28-29-30-31-32-33-34-35-36-37-38-39-40-41-42-43-44-45-48-50-53-56-59-62-65-71(74)77-68-69(67-76-70(73)64-61-58-55-52-49-46-24-21-18-15-12-9-6-3)78-72(75)66-63-60-57-54-51-47-26-23-20-17-14-11-8-5-2/h21-26,28-29,69H,4-20,27,30-68H2,1-3H3/b24-21-,25-22-,26-23-,29-28-. The summed E-state index contributed by atoms with van der Waals surface area (Å²) in [7, 11) is 0. The van der Waals surface area contributed by atoms with Crippen molar-refractivity contribution in [1.29, 1.82) is 0 Å². The molecular weight excluding hydrogens is 961 g/mol. The number of ether oxygens (including phenoxy) is 3. The van der Waals surface area contributed by atoms with Gasteiger partial charge in [0.05, 0.1) is 0 Å². The van der Waals surface area contributed by atoms with Crippen LogP contribution in [0.4, 0.5) is 0 Å². The molecular formula is C72H132O6. The van der Waals surface area contributed by atoms with Gasteiger partial charge in [0.2, 0.25) is 0 Å². The minimum atomic E-state index is -0.778. The highest BCUT2D eigenvalue weighted by Crippen LogP contribution is 2.18. The predicted octanol–water partition coefficient (Wildman–Crippen LogP) is 23.7. The van der Waals surface area contributed by atoms with Crippen molar-refractivity contribution in [3.63, 3.8) is 0 Å². The van der Waals surface area contributed by atoms with Gasteiger partial charge in [0.25, 0.3) is 0 Å². The highest BCUT2D eigenvalue weighted by Gasteiger charge is 2.19. The maximum atomic E-state index is 12.9. The van der Waals surface area contributed by atoms with E-state index in [0.717, 1.165) is 77.0 Å². The number of carbonyl (C=O) groups is 3. The first-order chi connectivity index (χ1) is 38.5. The summed E-state index contributed by atoms with van der Waals surface area (Å²) in [6, 6.07) is 0. The van der Waals surface area contributed by atoms with Gasteiger partial charge in [0.15, 0.2) is 6.10 Å². The topological polar surface area (TPSA) is 78.9 Å². The zero-order valence-corrected chi connectivity index (χ0v) is 52.5. The Kier molecular flexibility index (Phi) is 64.6. The molecule has 0 aromatic rings. The van der Waals surface area contributed by atoms with Crippen molar-refractivity contribution >= 4 is 17.9 Å². The monoisotopic (exact) mass is 1090 g/mol. The fourth-order valence-electron chi connectivity index (χ4n) is 10.3. The van der Waals surface area contributed by atoms with E-state index in [1.54, 1.807) is 0 Å². The summed E-state index contributed by atoms with van der Waals surface area (Å²) in [4.78, 5) is 38.3. The molecule has 0 aromatic carbocycles. The van der Waals surface area contributed by atoms with Gasteiger partial charge in [0.1, 0.15) is 13.2 Å². The molecule has 0 amide bonds. The average molecular weight is 1090 g/mol. The van der Waals surface area contributed by atoms with Crippen LogP contribution in [0.3, 0.4) is 0 Å². The van der Waals surface area contributed by atoms with Crippen molar-refractivity contribution in [3.8, 4) is 0 Å². The van der Waals surface area contributed by atoms with Crippen molar-refractivity contribution in [3.05, 3.63) is 48.6 Å². The lowest BCUT2D eigenvalue weighted by Gasteiger charge is -2.18. The molecule has 1 unspecified atom stereocenters. The van der Waals surface area contributed by atoms with Crippen LogP contribution in [0.1, 0.15) is 374 Å². The SMILES string of the molecule is CCCCCC/C=C\CCCCCCCC(=O)OCC(COC(=O)CCCCCCCCCCCCCCCCCCCCCCC/C=C\C/C=C\CCCCCCC)OC(=O)CCCCCCC/C=C\CCCCCCC. The molecule has 0 fully saturated rings. The molecule has 6 nitrogen and oxygen atoms in total. The summed E-state index contributed by atoms with van der Waals surface area (Å²) >= 11 is 0. The minimum Gasteiger partial charge on any atom is -0.462 e. The predicted molar refractivity (Wildman–Crippen MR) is 339 cm³/mol. The molecule has 1 atom stereocenters. The van der Waals surface area contributed by atoms with Gasteiger partial charge in [-0.1, -0.05) is 301 Å². The van der Waals surface area contributed by atoms with Crippen LogP contribution in [0, 0.1) is 0 Å². The van der Waals surface area contributed by atoms with E-state index in [1.165, 1.54) is 257 Å². The van der Waals surface area contributed by atoms with Crippen LogP contribution < -0.4 is 0 Å². The number of unbranched alkanes of at least 4 members (excludes halogenated alkanes) is 45. The van der Waals surface area contributed by atoms with Gasteiger partial charge in [0, 0.05) is 19.3 Å². The van der Waals surface area contributed by atoms with Gasteiger partial charge in [-0.15, -0.1) is 0 Å². The third-order valence-electron chi connectivity index (χ3n) is 15.5. The Hall–Kier alpha value is -2.63. The fourth-order valence-corrected chi connectivity index (χ4v) is 10.3. The van der Waals surface area contributed by atoms with Crippen LogP contribution in [-0.2, 0) is 28.6 Å². The Morgan fingerprint density at radius 3 is 0.731 bits per heavy atom. The molecule has 0 saturated carbocycles. The highest BCUT2D eigenvalue weighted by molar-refractivity contribution is 5.71. The molecule has 0 spiro atoms. The summed E-state index contributed by atoms with van der Waals surface area (Å²) in [5.41, 5.74) is 0. The lowest BCUT2D eigenvalue weighted by atomic mass is 10.0. The average Bonchev–Trinajstić information content (AvgIpc) is 3.44. The van der Waals surface area contributed by atoms with Gasteiger partial charge in [-0.05, 0) is 103 Å². The van der Waals surface area contributed by atoms with E-state index in [0.29, 0.717) is 19.3 Å². The molecule has 6 heteroatoms. The Balaban J connectivity index is 4.08. The largest absolute Gasteiger partial charge is 0.462 e. The van der Waals surface area contributed by atoms with Crippen LogP contribution in [0.2, 0.25) is 0 Å². The van der Waals surface area contributed by atoms with Crippen molar-refractivity contribution < 1.29 is 28.6 Å². The van der Waals surface area contributed by atoms with E-state index in [9.17, 15) is 14.4 Å². The zero-order valence-electron chi connectivity index (χ0n) is 52.5.